The fourth-order valence-electron chi connectivity index (χ4n) is 4.31. The lowest BCUT2D eigenvalue weighted by molar-refractivity contribution is 0.0937. The molecule has 1 aliphatic rings. The highest BCUT2D eigenvalue weighted by molar-refractivity contribution is 7.98. The van der Waals surface area contributed by atoms with Gasteiger partial charge in [0.25, 0.3) is 5.56 Å². The molecule has 0 saturated carbocycles. The second-order valence-electron chi connectivity index (χ2n) is 8.15. The SMILES string of the molecule is CCc1c(C)sc2nc(SCc3nc4ccccc4nc3C)n(CC3CCCO3)c(=O)c12. The first-order chi connectivity index (χ1) is 15.5. The summed E-state index contributed by atoms with van der Waals surface area (Å²) in [5.41, 5.74) is 4.78. The van der Waals surface area contributed by atoms with E-state index in [9.17, 15) is 4.79 Å². The van der Waals surface area contributed by atoms with Gasteiger partial charge >= 0.3 is 0 Å². The number of para-hydroxylation sites is 2. The Bertz CT molecular complexity index is 1360. The summed E-state index contributed by atoms with van der Waals surface area (Å²) < 4.78 is 7.69. The van der Waals surface area contributed by atoms with Gasteiger partial charge in [0.05, 0.1) is 40.5 Å². The van der Waals surface area contributed by atoms with Crippen molar-refractivity contribution in [2.24, 2.45) is 0 Å². The number of hydrogen-bond donors (Lipinski definition) is 0. The molecule has 0 radical (unpaired) electrons. The summed E-state index contributed by atoms with van der Waals surface area (Å²) in [6.45, 7) is 7.48. The van der Waals surface area contributed by atoms with E-state index in [0.717, 1.165) is 69.2 Å². The largest absolute Gasteiger partial charge is 0.376 e. The van der Waals surface area contributed by atoms with Gasteiger partial charge in [-0.3, -0.25) is 9.36 Å². The predicted octanol–water partition coefficient (Wildman–Crippen LogP) is 5.05. The van der Waals surface area contributed by atoms with Crippen molar-refractivity contribution in [1.29, 1.82) is 0 Å². The molecule has 4 aromatic rings. The average molecular weight is 467 g/mol. The summed E-state index contributed by atoms with van der Waals surface area (Å²) >= 11 is 3.17. The number of fused-ring (bicyclic) bond motifs is 2. The van der Waals surface area contributed by atoms with Crippen molar-refractivity contribution in [1.82, 2.24) is 19.5 Å². The lowest BCUT2D eigenvalue weighted by Crippen LogP contribution is -2.29. The van der Waals surface area contributed by atoms with E-state index in [1.807, 2.05) is 35.8 Å². The Balaban J connectivity index is 1.55. The molecular formula is C24H26N4O2S2. The maximum atomic E-state index is 13.6. The van der Waals surface area contributed by atoms with Crippen molar-refractivity contribution >= 4 is 44.3 Å². The minimum absolute atomic E-state index is 0.0514. The fourth-order valence-corrected chi connectivity index (χ4v) is 6.48. The van der Waals surface area contributed by atoms with Crippen LogP contribution in [0, 0.1) is 13.8 Å². The Morgan fingerprint density at radius 2 is 1.97 bits per heavy atom. The predicted molar refractivity (Wildman–Crippen MR) is 131 cm³/mol. The molecule has 4 heterocycles. The molecule has 0 spiro atoms. The molecule has 0 amide bonds. The van der Waals surface area contributed by atoms with Gasteiger partial charge in [-0.1, -0.05) is 30.8 Å². The molecule has 1 fully saturated rings. The Hall–Kier alpha value is -2.29. The quantitative estimate of drug-likeness (QED) is 0.292. The van der Waals surface area contributed by atoms with E-state index in [1.165, 1.54) is 4.88 Å². The molecule has 166 valence electrons. The molecule has 0 bridgehead atoms. The molecule has 0 N–H and O–H groups in total. The first-order valence-electron chi connectivity index (χ1n) is 11.0. The van der Waals surface area contributed by atoms with Crippen LogP contribution in [0.25, 0.3) is 21.3 Å². The molecular weight excluding hydrogens is 440 g/mol. The van der Waals surface area contributed by atoms with E-state index in [2.05, 4.69) is 13.8 Å². The normalized spacial score (nSPS) is 16.4. The highest BCUT2D eigenvalue weighted by Gasteiger charge is 2.23. The maximum absolute atomic E-state index is 13.6. The Labute approximate surface area is 195 Å². The van der Waals surface area contributed by atoms with Crippen LogP contribution in [0.2, 0.25) is 0 Å². The number of thioether (sulfide) groups is 1. The molecule has 1 atom stereocenters. The van der Waals surface area contributed by atoms with E-state index in [4.69, 9.17) is 19.7 Å². The Morgan fingerprint density at radius 1 is 1.19 bits per heavy atom. The van der Waals surface area contributed by atoms with Crippen LogP contribution in [0.3, 0.4) is 0 Å². The Kier molecular flexibility index (Phi) is 6.01. The average Bonchev–Trinajstić information content (AvgIpc) is 3.41. The van der Waals surface area contributed by atoms with Crippen LogP contribution in [0.1, 0.15) is 41.6 Å². The Morgan fingerprint density at radius 3 is 2.69 bits per heavy atom. The zero-order valence-corrected chi connectivity index (χ0v) is 20.2. The third-order valence-corrected chi connectivity index (χ3v) is 8.05. The lowest BCUT2D eigenvalue weighted by atomic mass is 10.1. The number of rotatable bonds is 6. The van der Waals surface area contributed by atoms with Gasteiger partial charge in [-0.2, -0.15) is 0 Å². The molecule has 3 aromatic heterocycles. The summed E-state index contributed by atoms with van der Waals surface area (Å²) in [6.07, 6.45) is 2.92. The smallest absolute Gasteiger partial charge is 0.263 e. The summed E-state index contributed by atoms with van der Waals surface area (Å²) in [5.74, 6) is 0.609. The molecule has 1 saturated heterocycles. The van der Waals surface area contributed by atoms with Crippen LogP contribution in [0.5, 0.6) is 0 Å². The van der Waals surface area contributed by atoms with Crippen molar-refractivity contribution < 1.29 is 4.74 Å². The van der Waals surface area contributed by atoms with Gasteiger partial charge in [0.1, 0.15) is 4.83 Å². The van der Waals surface area contributed by atoms with Crippen molar-refractivity contribution in [2.75, 3.05) is 6.61 Å². The van der Waals surface area contributed by atoms with Gasteiger partial charge in [0.15, 0.2) is 5.16 Å². The molecule has 0 aliphatic carbocycles. The molecule has 1 aromatic carbocycles. The van der Waals surface area contributed by atoms with Crippen LogP contribution in [0.15, 0.2) is 34.2 Å². The topological polar surface area (TPSA) is 69.9 Å². The molecule has 1 unspecified atom stereocenters. The third-order valence-electron chi connectivity index (χ3n) is 6.02. The number of aromatic nitrogens is 4. The highest BCUT2D eigenvalue weighted by Crippen LogP contribution is 2.31. The van der Waals surface area contributed by atoms with E-state index in [0.29, 0.717) is 12.3 Å². The molecule has 5 rings (SSSR count). The summed E-state index contributed by atoms with van der Waals surface area (Å²) in [5, 5.41) is 1.51. The van der Waals surface area contributed by atoms with E-state index < -0.39 is 0 Å². The lowest BCUT2D eigenvalue weighted by Gasteiger charge is -2.16. The van der Waals surface area contributed by atoms with E-state index in [1.54, 1.807) is 23.1 Å². The van der Waals surface area contributed by atoms with Crippen LogP contribution in [0.4, 0.5) is 0 Å². The fraction of sp³-hybridized carbons (Fsp3) is 0.417. The molecule has 1 aliphatic heterocycles. The standard InChI is InChI=1S/C24H26N4O2S2/c1-4-17-15(3)32-22-21(17)23(29)28(12-16-8-7-11-30-16)24(27-22)31-13-20-14(2)25-18-9-5-6-10-19(18)26-20/h5-6,9-10,16H,4,7-8,11-13H2,1-3H3. The van der Waals surface area contributed by atoms with Crippen LogP contribution >= 0.6 is 23.1 Å². The van der Waals surface area contributed by atoms with Gasteiger partial charge in [-0.05, 0) is 50.8 Å². The zero-order chi connectivity index (χ0) is 22.2. The van der Waals surface area contributed by atoms with Gasteiger partial charge in [0, 0.05) is 17.2 Å². The van der Waals surface area contributed by atoms with Gasteiger partial charge in [-0.15, -0.1) is 11.3 Å². The zero-order valence-electron chi connectivity index (χ0n) is 18.6. The van der Waals surface area contributed by atoms with Crippen LogP contribution < -0.4 is 5.56 Å². The van der Waals surface area contributed by atoms with Crippen LogP contribution in [-0.2, 0) is 23.5 Å². The first kappa shape index (κ1) is 21.6. The minimum Gasteiger partial charge on any atom is -0.376 e. The second-order valence-corrected chi connectivity index (χ2v) is 10.3. The third kappa shape index (κ3) is 3.95. The number of thiophene rings is 1. The number of aryl methyl sites for hydroxylation is 3. The minimum atomic E-state index is 0.0514. The maximum Gasteiger partial charge on any atom is 0.263 e. The number of benzene rings is 1. The molecule has 32 heavy (non-hydrogen) atoms. The van der Waals surface area contributed by atoms with Crippen LogP contribution in [-0.4, -0.2) is 32.2 Å². The summed E-state index contributed by atoms with van der Waals surface area (Å²) in [4.78, 5) is 30.1. The summed E-state index contributed by atoms with van der Waals surface area (Å²) in [6, 6.07) is 7.91. The van der Waals surface area contributed by atoms with Crippen molar-refractivity contribution in [3.63, 3.8) is 0 Å². The van der Waals surface area contributed by atoms with Gasteiger partial charge < -0.3 is 4.74 Å². The number of nitrogens with zero attached hydrogens (tertiary/aromatic N) is 4. The van der Waals surface area contributed by atoms with Crippen molar-refractivity contribution in [3.05, 3.63) is 56.4 Å². The van der Waals surface area contributed by atoms with E-state index >= 15 is 0 Å². The molecule has 6 nitrogen and oxygen atoms in total. The van der Waals surface area contributed by atoms with E-state index in [-0.39, 0.29) is 11.7 Å². The molecule has 8 heteroatoms. The second kappa shape index (κ2) is 8.92. The highest BCUT2D eigenvalue weighted by atomic mass is 32.2. The first-order valence-corrected chi connectivity index (χ1v) is 12.8. The van der Waals surface area contributed by atoms with Gasteiger partial charge in [-0.25, -0.2) is 15.0 Å². The van der Waals surface area contributed by atoms with Crippen molar-refractivity contribution in [3.8, 4) is 0 Å². The number of ether oxygens (including phenoxy) is 1. The monoisotopic (exact) mass is 466 g/mol. The number of hydrogen-bond acceptors (Lipinski definition) is 7. The van der Waals surface area contributed by atoms with Gasteiger partial charge in [0.2, 0.25) is 0 Å². The summed E-state index contributed by atoms with van der Waals surface area (Å²) in [7, 11) is 0. The van der Waals surface area contributed by atoms with Crippen molar-refractivity contribution in [2.45, 2.75) is 63.6 Å².